The Morgan fingerprint density at radius 3 is 2.42 bits per heavy atom. The maximum absolute atomic E-state index is 11.7. The lowest BCUT2D eigenvalue weighted by Crippen LogP contribution is -2.49. The fourth-order valence-electron chi connectivity index (χ4n) is 1.92. The summed E-state index contributed by atoms with van der Waals surface area (Å²) < 4.78 is 5.14. The monoisotopic (exact) mass is 269 g/mol. The van der Waals surface area contributed by atoms with Crippen molar-refractivity contribution >= 4 is 12.1 Å². The molecule has 0 aromatic heterocycles. The normalized spacial score (nSPS) is 18.3. The highest BCUT2D eigenvalue weighted by atomic mass is 16.5. The van der Waals surface area contributed by atoms with Gasteiger partial charge in [0.1, 0.15) is 6.04 Å². The molecule has 0 saturated heterocycles. The Morgan fingerprint density at radius 1 is 1.47 bits per heavy atom. The van der Waals surface area contributed by atoms with Gasteiger partial charge in [-0.3, -0.25) is 0 Å². The lowest BCUT2D eigenvalue weighted by molar-refractivity contribution is -0.142. The first-order chi connectivity index (χ1) is 8.70. The summed E-state index contributed by atoms with van der Waals surface area (Å²) in [5.74, 6) is -1.06. The Kier molecular flexibility index (Phi) is 4.61. The van der Waals surface area contributed by atoms with Crippen LogP contribution in [-0.4, -0.2) is 29.8 Å². The van der Waals surface area contributed by atoms with Crippen molar-refractivity contribution in [2.45, 2.75) is 46.1 Å². The van der Waals surface area contributed by atoms with Crippen LogP contribution in [0, 0.1) is 10.8 Å². The summed E-state index contributed by atoms with van der Waals surface area (Å²) in [5, 5.41) is 11.5. The number of hydrogen-bond donors (Lipinski definition) is 2. The van der Waals surface area contributed by atoms with E-state index in [0.717, 1.165) is 19.3 Å². The van der Waals surface area contributed by atoms with E-state index in [9.17, 15) is 9.59 Å². The maximum Gasteiger partial charge on any atom is 0.407 e. The third-order valence-corrected chi connectivity index (χ3v) is 3.42. The molecule has 108 valence electrons. The summed E-state index contributed by atoms with van der Waals surface area (Å²) in [4.78, 5) is 22.8. The number of carbonyl (C=O) groups is 2. The lowest BCUT2D eigenvalue weighted by Gasteiger charge is -2.27. The first-order valence-corrected chi connectivity index (χ1v) is 6.47. The van der Waals surface area contributed by atoms with Crippen LogP contribution in [0.15, 0.2) is 12.7 Å². The number of aliphatic carboxylic acids is 1. The summed E-state index contributed by atoms with van der Waals surface area (Å²) in [5.41, 5.74) is -0.525. The standard InChI is InChI=1S/C14H23NO4/c1-5-6-14(7-8-14)9-19-12(18)15-10(11(16)17)13(2,3)4/h5,10H,1,6-9H2,2-4H3,(H,15,18)(H,16,17)/t10-/m1/s1. The van der Waals surface area contributed by atoms with Crippen molar-refractivity contribution in [3.05, 3.63) is 12.7 Å². The molecule has 0 spiro atoms. The number of hydrogen-bond acceptors (Lipinski definition) is 3. The van der Waals surface area contributed by atoms with Gasteiger partial charge in [-0.25, -0.2) is 9.59 Å². The molecule has 0 aromatic rings. The smallest absolute Gasteiger partial charge is 0.407 e. The average molecular weight is 269 g/mol. The number of carboxylic acid groups (broad SMARTS) is 1. The fourth-order valence-corrected chi connectivity index (χ4v) is 1.92. The predicted octanol–water partition coefficient (Wildman–Crippen LogP) is 2.57. The number of carboxylic acids is 1. The molecule has 1 amide bonds. The molecule has 1 saturated carbocycles. The largest absolute Gasteiger partial charge is 0.480 e. The molecule has 1 rings (SSSR count). The van der Waals surface area contributed by atoms with Crippen LogP contribution in [0.4, 0.5) is 4.79 Å². The van der Waals surface area contributed by atoms with Crippen LogP contribution in [0.5, 0.6) is 0 Å². The molecule has 0 heterocycles. The molecule has 0 aromatic carbocycles. The second kappa shape index (κ2) is 5.63. The zero-order chi connectivity index (χ0) is 14.7. The molecule has 1 aliphatic carbocycles. The van der Waals surface area contributed by atoms with Gasteiger partial charge in [0, 0.05) is 5.41 Å². The van der Waals surface area contributed by atoms with Gasteiger partial charge in [0.15, 0.2) is 0 Å². The summed E-state index contributed by atoms with van der Waals surface area (Å²) in [6.45, 7) is 9.27. The minimum Gasteiger partial charge on any atom is -0.480 e. The highest BCUT2D eigenvalue weighted by molar-refractivity contribution is 5.80. The first-order valence-electron chi connectivity index (χ1n) is 6.47. The first kappa shape index (κ1) is 15.5. The highest BCUT2D eigenvalue weighted by Gasteiger charge is 2.43. The van der Waals surface area contributed by atoms with Gasteiger partial charge in [-0.15, -0.1) is 6.58 Å². The van der Waals surface area contributed by atoms with Crippen molar-refractivity contribution in [1.29, 1.82) is 0 Å². The number of allylic oxidation sites excluding steroid dienone is 1. The minimum absolute atomic E-state index is 0.0412. The van der Waals surface area contributed by atoms with Gasteiger partial charge in [0.25, 0.3) is 0 Å². The van der Waals surface area contributed by atoms with E-state index in [-0.39, 0.29) is 5.41 Å². The molecular formula is C14H23NO4. The van der Waals surface area contributed by atoms with Crippen LogP contribution in [0.1, 0.15) is 40.0 Å². The number of carbonyl (C=O) groups excluding carboxylic acids is 1. The number of nitrogens with one attached hydrogen (secondary N) is 1. The van der Waals surface area contributed by atoms with Crippen molar-refractivity contribution in [2.24, 2.45) is 10.8 Å². The molecule has 1 aliphatic rings. The fraction of sp³-hybridized carbons (Fsp3) is 0.714. The van der Waals surface area contributed by atoms with Crippen molar-refractivity contribution in [1.82, 2.24) is 5.32 Å². The molecular weight excluding hydrogens is 246 g/mol. The molecule has 2 N–H and O–H groups in total. The van der Waals surface area contributed by atoms with Crippen LogP contribution in [0.25, 0.3) is 0 Å². The predicted molar refractivity (Wildman–Crippen MR) is 71.8 cm³/mol. The maximum atomic E-state index is 11.7. The molecule has 1 atom stereocenters. The summed E-state index contributed by atoms with van der Waals surface area (Å²) in [7, 11) is 0. The number of amides is 1. The molecule has 0 radical (unpaired) electrons. The summed E-state index contributed by atoms with van der Waals surface area (Å²) in [6, 6.07) is -0.963. The van der Waals surface area contributed by atoms with Gasteiger partial charge in [0.2, 0.25) is 0 Å². The molecule has 1 fully saturated rings. The quantitative estimate of drug-likeness (QED) is 0.727. The Hall–Kier alpha value is -1.52. The number of rotatable bonds is 6. The van der Waals surface area contributed by atoms with Gasteiger partial charge in [-0.05, 0) is 24.7 Å². The Bertz CT molecular complexity index is 366. The zero-order valence-electron chi connectivity index (χ0n) is 11.9. The van der Waals surface area contributed by atoms with E-state index in [1.54, 1.807) is 20.8 Å². The third kappa shape index (κ3) is 4.58. The van der Waals surface area contributed by atoms with E-state index in [0.29, 0.717) is 6.61 Å². The van der Waals surface area contributed by atoms with Crippen LogP contribution < -0.4 is 5.32 Å². The van der Waals surface area contributed by atoms with Crippen molar-refractivity contribution in [3.63, 3.8) is 0 Å². The van der Waals surface area contributed by atoms with E-state index < -0.39 is 23.5 Å². The van der Waals surface area contributed by atoms with Crippen molar-refractivity contribution < 1.29 is 19.4 Å². The topological polar surface area (TPSA) is 75.6 Å². The average Bonchev–Trinajstić information content (AvgIpc) is 3.02. The Morgan fingerprint density at radius 2 is 2.05 bits per heavy atom. The van der Waals surface area contributed by atoms with Gasteiger partial charge in [-0.1, -0.05) is 26.8 Å². The van der Waals surface area contributed by atoms with E-state index >= 15 is 0 Å². The minimum atomic E-state index is -1.06. The van der Waals surface area contributed by atoms with E-state index in [1.165, 1.54) is 0 Å². The summed E-state index contributed by atoms with van der Waals surface area (Å²) >= 11 is 0. The number of alkyl carbamates (subject to hydrolysis) is 1. The molecule has 0 bridgehead atoms. The Balaban J connectivity index is 2.46. The van der Waals surface area contributed by atoms with Crippen molar-refractivity contribution in [2.75, 3.05) is 6.61 Å². The van der Waals surface area contributed by atoms with Gasteiger partial charge in [0.05, 0.1) is 6.61 Å². The van der Waals surface area contributed by atoms with E-state index in [2.05, 4.69) is 11.9 Å². The molecule has 0 unspecified atom stereocenters. The molecule has 5 heteroatoms. The number of ether oxygens (including phenoxy) is 1. The van der Waals surface area contributed by atoms with Crippen molar-refractivity contribution in [3.8, 4) is 0 Å². The molecule has 0 aliphatic heterocycles. The van der Waals surface area contributed by atoms with Gasteiger partial charge in [-0.2, -0.15) is 0 Å². The second-order valence-corrected chi connectivity index (χ2v) is 6.35. The van der Waals surface area contributed by atoms with Crippen LogP contribution >= 0.6 is 0 Å². The highest BCUT2D eigenvalue weighted by Crippen LogP contribution is 2.49. The SMILES string of the molecule is C=CCC1(COC(=O)N[C@H](C(=O)O)C(C)(C)C)CC1. The second-order valence-electron chi connectivity index (χ2n) is 6.35. The lowest BCUT2D eigenvalue weighted by atomic mass is 9.87. The van der Waals surface area contributed by atoms with E-state index in [4.69, 9.17) is 9.84 Å². The molecule has 5 nitrogen and oxygen atoms in total. The van der Waals surface area contributed by atoms with Crippen LogP contribution in [0.3, 0.4) is 0 Å². The van der Waals surface area contributed by atoms with Gasteiger partial charge >= 0.3 is 12.1 Å². The van der Waals surface area contributed by atoms with Crippen LogP contribution in [0.2, 0.25) is 0 Å². The van der Waals surface area contributed by atoms with E-state index in [1.807, 2.05) is 6.08 Å². The van der Waals surface area contributed by atoms with Gasteiger partial charge < -0.3 is 15.2 Å². The summed E-state index contributed by atoms with van der Waals surface area (Å²) in [6.07, 6.45) is 4.02. The third-order valence-electron chi connectivity index (χ3n) is 3.42. The zero-order valence-corrected chi connectivity index (χ0v) is 11.9. The Labute approximate surface area is 114 Å². The molecule has 19 heavy (non-hydrogen) atoms. The van der Waals surface area contributed by atoms with Crippen LogP contribution in [-0.2, 0) is 9.53 Å².